The van der Waals surface area contributed by atoms with E-state index in [2.05, 4.69) is 27.0 Å². The molecule has 1 aliphatic heterocycles. The molecular weight excluding hydrogens is 238 g/mol. The van der Waals surface area contributed by atoms with Crippen LogP contribution in [-0.2, 0) is 4.74 Å². The molecule has 0 atom stereocenters. The van der Waals surface area contributed by atoms with Gasteiger partial charge in [0.25, 0.3) is 0 Å². The molecule has 4 nitrogen and oxygen atoms in total. The SMILES string of the molecule is Cc1ncccc1-c1ccnc(N2CCOCC2)c1. The first-order chi connectivity index (χ1) is 9.34. The highest BCUT2D eigenvalue weighted by atomic mass is 16.5. The molecule has 1 saturated heterocycles. The van der Waals surface area contributed by atoms with Crippen LogP contribution in [0.2, 0.25) is 0 Å². The number of hydrogen-bond donors (Lipinski definition) is 0. The molecule has 1 aliphatic rings. The summed E-state index contributed by atoms with van der Waals surface area (Å²) in [7, 11) is 0. The molecule has 0 radical (unpaired) electrons. The molecule has 98 valence electrons. The van der Waals surface area contributed by atoms with Crippen molar-refractivity contribution < 1.29 is 4.74 Å². The van der Waals surface area contributed by atoms with Crippen LogP contribution in [0, 0.1) is 6.92 Å². The van der Waals surface area contributed by atoms with Gasteiger partial charge in [-0.1, -0.05) is 6.07 Å². The number of hydrogen-bond acceptors (Lipinski definition) is 4. The molecule has 0 aliphatic carbocycles. The summed E-state index contributed by atoms with van der Waals surface area (Å²) in [6.07, 6.45) is 3.69. The number of rotatable bonds is 2. The zero-order valence-corrected chi connectivity index (χ0v) is 11.0. The number of anilines is 1. The van der Waals surface area contributed by atoms with Crippen LogP contribution < -0.4 is 4.90 Å². The Kier molecular flexibility index (Phi) is 3.42. The van der Waals surface area contributed by atoms with Crippen LogP contribution in [0.25, 0.3) is 11.1 Å². The number of nitrogens with zero attached hydrogens (tertiary/aromatic N) is 3. The summed E-state index contributed by atoms with van der Waals surface area (Å²) in [6.45, 7) is 5.39. The van der Waals surface area contributed by atoms with Crippen molar-refractivity contribution >= 4 is 5.82 Å². The predicted octanol–water partition coefficient (Wildman–Crippen LogP) is 2.29. The maximum Gasteiger partial charge on any atom is 0.129 e. The van der Waals surface area contributed by atoms with Crippen LogP contribution in [0.15, 0.2) is 36.7 Å². The maximum atomic E-state index is 5.38. The largest absolute Gasteiger partial charge is 0.378 e. The number of pyridine rings is 2. The molecular formula is C15H17N3O. The van der Waals surface area contributed by atoms with E-state index in [0.717, 1.165) is 37.8 Å². The van der Waals surface area contributed by atoms with Gasteiger partial charge in [-0.05, 0) is 30.7 Å². The smallest absolute Gasteiger partial charge is 0.129 e. The van der Waals surface area contributed by atoms with E-state index in [1.165, 1.54) is 11.1 Å². The summed E-state index contributed by atoms with van der Waals surface area (Å²) in [5.41, 5.74) is 3.38. The van der Waals surface area contributed by atoms with Gasteiger partial charge in [-0.25, -0.2) is 4.98 Å². The molecule has 0 bridgehead atoms. The zero-order chi connectivity index (χ0) is 13.1. The van der Waals surface area contributed by atoms with Crippen LogP contribution >= 0.6 is 0 Å². The first kappa shape index (κ1) is 12.1. The van der Waals surface area contributed by atoms with E-state index >= 15 is 0 Å². The Balaban J connectivity index is 1.93. The van der Waals surface area contributed by atoms with Crippen molar-refractivity contribution in [2.24, 2.45) is 0 Å². The minimum absolute atomic E-state index is 0.776. The van der Waals surface area contributed by atoms with Gasteiger partial charge < -0.3 is 9.64 Å². The zero-order valence-electron chi connectivity index (χ0n) is 11.0. The normalized spacial score (nSPS) is 15.5. The third kappa shape index (κ3) is 2.58. The quantitative estimate of drug-likeness (QED) is 0.825. The average Bonchev–Trinajstić information content (AvgIpc) is 2.49. The molecule has 0 aromatic carbocycles. The summed E-state index contributed by atoms with van der Waals surface area (Å²) >= 11 is 0. The third-order valence-electron chi connectivity index (χ3n) is 3.40. The average molecular weight is 255 g/mol. The number of ether oxygens (including phenoxy) is 1. The molecule has 3 heterocycles. The first-order valence-corrected chi connectivity index (χ1v) is 6.55. The Morgan fingerprint density at radius 2 is 1.95 bits per heavy atom. The molecule has 19 heavy (non-hydrogen) atoms. The minimum Gasteiger partial charge on any atom is -0.378 e. The molecule has 0 N–H and O–H groups in total. The van der Waals surface area contributed by atoms with Gasteiger partial charge >= 0.3 is 0 Å². The van der Waals surface area contributed by atoms with Gasteiger partial charge in [0.1, 0.15) is 5.82 Å². The van der Waals surface area contributed by atoms with E-state index in [0.29, 0.717) is 0 Å². The van der Waals surface area contributed by atoms with Crippen molar-refractivity contribution in [2.75, 3.05) is 31.2 Å². The van der Waals surface area contributed by atoms with Crippen molar-refractivity contribution in [3.8, 4) is 11.1 Å². The lowest BCUT2D eigenvalue weighted by molar-refractivity contribution is 0.122. The van der Waals surface area contributed by atoms with E-state index in [1.807, 2.05) is 31.5 Å². The molecule has 1 fully saturated rings. The minimum atomic E-state index is 0.776. The Morgan fingerprint density at radius 3 is 2.74 bits per heavy atom. The number of aryl methyl sites for hydroxylation is 1. The van der Waals surface area contributed by atoms with Gasteiger partial charge in [0.15, 0.2) is 0 Å². The summed E-state index contributed by atoms with van der Waals surface area (Å²) in [5.74, 6) is 1.02. The van der Waals surface area contributed by atoms with E-state index in [-0.39, 0.29) is 0 Å². The number of aromatic nitrogens is 2. The van der Waals surface area contributed by atoms with E-state index in [4.69, 9.17) is 4.74 Å². The monoisotopic (exact) mass is 255 g/mol. The predicted molar refractivity (Wildman–Crippen MR) is 75.2 cm³/mol. The van der Waals surface area contributed by atoms with Gasteiger partial charge in [-0.2, -0.15) is 0 Å². The molecule has 2 aromatic rings. The molecule has 0 saturated carbocycles. The summed E-state index contributed by atoms with van der Waals surface area (Å²) in [5, 5.41) is 0. The van der Waals surface area contributed by atoms with Crippen LogP contribution in [-0.4, -0.2) is 36.3 Å². The molecule has 3 rings (SSSR count). The van der Waals surface area contributed by atoms with E-state index in [9.17, 15) is 0 Å². The van der Waals surface area contributed by atoms with Crippen molar-refractivity contribution in [3.05, 3.63) is 42.4 Å². The highest BCUT2D eigenvalue weighted by Crippen LogP contribution is 2.24. The highest BCUT2D eigenvalue weighted by Gasteiger charge is 2.13. The molecule has 0 unspecified atom stereocenters. The lowest BCUT2D eigenvalue weighted by Gasteiger charge is -2.28. The second-order valence-electron chi connectivity index (χ2n) is 4.64. The lowest BCUT2D eigenvalue weighted by Crippen LogP contribution is -2.36. The van der Waals surface area contributed by atoms with Crippen LogP contribution in [0.4, 0.5) is 5.82 Å². The van der Waals surface area contributed by atoms with Crippen molar-refractivity contribution in [2.45, 2.75) is 6.92 Å². The standard InChI is InChI=1S/C15H17N3O/c1-12-14(3-2-5-16-12)13-4-6-17-15(11-13)18-7-9-19-10-8-18/h2-6,11H,7-10H2,1H3. The van der Waals surface area contributed by atoms with E-state index in [1.54, 1.807) is 0 Å². The van der Waals surface area contributed by atoms with Crippen molar-refractivity contribution in [1.29, 1.82) is 0 Å². The van der Waals surface area contributed by atoms with Crippen LogP contribution in [0.1, 0.15) is 5.69 Å². The molecule has 0 amide bonds. The van der Waals surface area contributed by atoms with Gasteiger partial charge in [0.05, 0.1) is 13.2 Å². The molecule has 2 aromatic heterocycles. The fourth-order valence-corrected chi connectivity index (χ4v) is 2.34. The topological polar surface area (TPSA) is 38.2 Å². The fraction of sp³-hybridized carbons (Fsp3) is 0.333. The van der Waals surface area contributed by atoms with Gasteiger partial charge in [-0.3, -0.25) is 4.98 Å². The van der Waals surface area contributed by atoms with Gasteiger partial charge in [0, 0.05) is 36.7 Å². The fourth-order valence-electron chi connectivity index (χ4n) is 2.34. The second kappa shape index (κ2) is 5.36. The Hall–Kier alpha value is -1.94. The summed E-state index contributed by atoms with van der Waals surface area (Å²) in [4.78, 5) is 11.1. The van der Waals surface area contributed by atoms with Crippen LogP contribution in [0.5, 0.6) is 0 Å². The summed E-state index contributed by atoms with van der Waals surface area (Å²) in [6, 6.07) is 8.24. The highest BCUT2D eigenvalue weighted by molar-refractivity contribution is 5.68. The maximum absolute atomic E-state index is 5.38. The molecule has 0 spiro atoms. The van der Waals surface area contributed by atoms with Crippen LogP contribution in [0.3, 0.4) is 0 Å². The van der Waals surface area contributed by atoms with Crippen molar-refractivity contribution in [1.82, 2.24) is 9.97 Å². The second-order valence-corrected chi connectivity index (χ2v) is 4.64. The lowest BCUT2D eigenvalue weighted by atomic mass is 10.1. The van der Waals surface area contributed by atoms with Gasteiger partial charge in [0.2, 0.25) is 0 Å². The Morgan fingerprint density at radius 1 is 1.11 bits per heavy atom. The third-order valence-corrected chi connectivity index (χ3v) is 3.40. The first-order valence-electron chi connectivity index (χ1n) is 6.55. The van der Waals surface area contributed by atoms with Gasteiger partial charge in [-0.15, -0.1) is 0 Å². The Labute approximate surface area is 113 Å². The Bertz CT molecular complexity index is 565. The van der Waals surface area contributed by atoms with Crippen molar-refractivity contribution in [3.63, 3.8) is 0 Å². The van der Waals surface area contributed by atoms with E-state index < -0.39 is 0 Å². The molecule has 4 heteroatoms. The number of morpholine rings is 1. The summed E-state index contributed by atoms with van der Waals surface area (Å²) < 4.78 is 5.38.